The van der Waals surface area contributed by atoms with Crippen LogP contribution < -0.4 is 4.74 Å². The zero-order valence-electron chi connectivity index (χ0n) is 11.2. The maximum Gasteiger partial charge on any atom is 0.138 e. The van der Waals surface area contributed by atoms with E-state index in [-0.39, 0.29) is 0 Å². The van der Waals surface area contributed by atoms with Gasteiger partial charge in [0.2, 0.25) is 0 Å². The van der Waals surface area contributed by atoms with E-state index in [0.717, 1.165) is 22.3 Å². The minimum absolute atomic E-state index is 0.524. The van der Waals surface area contributed by atoms with Crippen LogP contribution in [0.5, 0.6) is 5.75 Å². The van der Waals surface area contributed by atoms with Crippen molar-refractivity contribution in [3.05, 3.63) is 65.9 Å². The molecule has 1 N–H and O–H groups in total. The molecular formula is C17H16O3. The molecule has 0 bridgehead atoms. The van der Waals surface area contributed by atoms with Crippen molar-refractivity contribution >= 4 is 11.0 Å². The molecule has 0 saturated carbocycles. The standard InChI is InChI=1S/C17H16O3/c1-12(18)16-9-14-7-8-15(10-17(14)20-16)19-11-13-5-3-2-4-6-13/h2-10,12,18H,11H2,1H3. The second kappa shape index (κ2) is 5.39. The summed E-state index contributed by atoms with van der Waals surface area (Å²) < 4.78 is 11.3. The molecule has 102 valence electrons. The number of hydrogen-bond donors (Lipinski definition) is 1. The van der Waals surface area contributed by atoms with E-state index in [1.54, 1.807) is 6.92 Å². The lowest BCUT2D eigenvalue weighted by atomic mass is 10.2. The van der Waals surface area contributed by atoms with Crippen molar-refractivity contribution < 1.29 is 14.3 Å². The summed E-state index contributed by atoms with van der Waals surface area (Å²) in [5.74, 6) is 1.33. The van der Waals surface area contributed by atoms with Crippen molar-refractivity contribution in [3.63, 3.8) is 0 Å². The average Bonchev–Trinajstić information content (AvgIpc) is 2.89. The van der Waals surface area contributed by atoms with Crippen molar-refractivity contribution in [2.24, 2.45) is 0 Å². The SMILES string of the molecule is CC(O)c1cc2ccc(OCc3ccccc3)cc2o1. The molecule has 0 fully saturated rings. The van der Waals surface area contributed by atoms with Gasteiger partial charge in [-0.1, -0.05) is 30.3 Å². The molecule has 0 spiro atoms. The third-order valence-electron chi connectivity index (χ3n) is 3.17. The van der Waals surface area contributed by atoms with Crippen LogP contribution in [0.15, 0.2) is 59.0 Å². The number of ether oxygens (including phenoxy) is 1. The summed E-state index contributed by atoms with van der Waals surface area (Å²) in [4.78, 5) is 0. The van der Waals surface area contributed by atoms with Crippen molar-refractivity contribution in [3.8, 4) is 5.75 Å². The van der Waals surface area contributed by atoms with Gasteiger partial charge in [-0.05, 0) is 30.7 Å². The predicted octanol–water partition coefficient (Wildman–Crippen LogP) is 4.07. The number of benzene rings is 2. The lowest BCUT2D eigenvalue weighted by Gasteiger charge is -2.05. The van der Waals surface area contributed by atoms with Crippen LogP contribution in [0, 0.1) is 0 Å². The van der Waals surface area contributed by atoms with Crippen LogP contribution in [-0.2, 0) is 6.61 Å². The maximum atomic E-state index is 9.52. The number of hydrogen-bond acceptors (Lipinski definition) is 3. The van der Waals surface area contributed by atoms with E-state index in [1.165, 1.54) is 0 Å². The highest BCUT2D eigenvalue weighted by molar-refractivity contribution is 5.79. The van der Waals surface area contributed by atoms with Crippen molar-refractivity contribution in [2.45, 2.75) is 19.6 Å². The van der Waals surface area contributed by atoms with Crippen LogP contribution in [-0.4, -0.2) is 5.11 Å². The molecule has 0 aliphatic carbocycles. The highest BCUT2D eigenvalue weighted by Crippen LogP contribution is 2.27. The van der Waals surface area contributed by atoms with Gasteiger partial charge in [0.1, 0.15) is 29.8 Å². The van der Waals surface area contributed by atoms with Gasteiger partial charge in [-0.15, -0.1) is 0 Å². The fraction of sp³-hybridized carbons (Fsp3) is 0.176. The molecule has 3 aromatic rings. The fourth-order valence-electron chi connectivity index (χ4n) is 2.07. The van der Waals surface area contributed by atoms with Crippen molar-refractivity contribution in [2.75, 3.05) is 0 Å². The highest BCUT2D eigenvalue weighted by Gasteiger charge is 2.09. The molecule has 1 atom stereocenters. The second-order valence-corrected chi connectivity index (χ2v) is 4.80. The molecule has 1 unspecified atom stereocenters. The van der Waals surface area contributed by atoms with Gasteiger partial charge in [0.15, 0.2) is 0 Å². The largest absolute Gasteiger partial charge is 0.489 e. The summed E-state index contributed by atoms with van der Waals surface area (Å²) in [7, 11) is 0. The number of fused-ring (bicyclic) bond motifs is 1. The normalized spacial score (nSPS) is 12.5. The Bertz CT molecular complexity index is 699. The summed E-state index contributed by atoms with van der Waals surface area (Å²) in [6, 6.07) is 17.6. The van der Waals surface area contributed by atoms with Crippen LogP contribution in [0.2, 0.25) is 0 Å². The first-order valence-electron chi connectivity index (χ1n) is 6.60. The van der Waals surface area contributed by atoms with E-state index in [1.807, 2.05) is 54.6 Å². The van der Waals surface area contributed by atoms with Crippen molar-refractivity contribution in [1.82, 2.24) is 0 Å². The monoisotopic (exact) mass is 268 g/mol. The van der Waals surface area contributed by atoms with Gasteiger partial charge in [-0.3, -0.25) is 0 Å². The zero-order valence-corrected chi connectivity index (χ0v) is 11.2. The number of furan rings is 1. The molecule has 1 heterocycles. The van der Waals surface area contributed by atoms with Gasteiger partial charge in [-0.2, -0.15) is 0 Å². The molecule has 3 rings (SSSR count). The zero-order chi connectivity index (χ0) is 13.9. The maximum absolute atomic E-state index is 9.52. The fourth-order valence-corrected chi connectivity index (χ4v) is 2.07. The molecule has 0 saturated heterocycles. The van der Waals surface area contributed by atoms with E-state index in [2.05, 4.69) is 0 Å². The minimum atomic E-state index is -0.601. The quantitative estimate of drug-likeness (QED) is 0.775. The van der Waals surface area contributed by atoms with Crippen LogP contribution in [0.1, 0.15) is 24.4 Å². The molecule has 0 aliphatic rings. The lowest BCUT2D eigenvalue weighted by molar-refractivity contribution is 0.172. The molecule has 0 aliphatic heterocycles. The van der Waals surface area contributed by atoms with E-state index in [9.17, 15) is 5.11 Å². The molecule has 2 aromatic carbocycles. The summed E-state index contributed by atoms with van der Waals surface area (Å²) in [5.41, 5.74) is 1.85. The Morgan fingerprint density at radius 2 is 1.90 bits per heavy atom. The summed E-state index contributed by atoms with van der Waals surface area (Å²) in [6.07, 6.45) is -0.601. The van der Waals surface area contributed by atoms with E-state index in [4.69, 9.17) is 9.15 Å². The van der Waals surface area contributed by atoms with Crippen LogP contribution in [0.25, 0.3) is 11.0 Å². The topological polar surface area (TPSA) is 42.6 Å². The summed E-state index contributed by atoms with van der Waals surface area (Å²) in [5, 5.41) is 10.5. The third kappa shape index (κ3) is 2.68. The van der Waals surface area contributed by atoms with Gasteiger partial charge in [0, 0.05) is 11.5 Å². The van der Waals surface area contributed by atoms with Crippen LogP contribution >= 0.6 is 0 Å². The number of rotatable bonds is 4. The Kier molecular flexibility index (Phi) is 3.44. The third-order valence-corrected chi connectivity index (χ3v) is 3.17. The Morgan fingerprint density at radius 1 is 1.10 bits per heavy atom. The van der Waals surface area contributed by atoms with Gasteiger partial charge in [0.25, 0.3) is 0 Å². The first kappa shape index (κ1) is 12.8. The summed E-state index contributed by atoms with van der Waals surface area (Å²) >= 11 is 0. The van der Waals surface area contributed by atoms with E-state index < -0.39 is 6.10 Å². The second-order valence-electron chi connectivity index (χ2n) is 4.80. The van der Waals surface area contributed by atoms with E-state index >= 15 is 0 Å². The van der Waals surface area contributed by atoms with E-state index in [0.29, 0.717) is 12.4 Å². The Morgan fingerprint density at radius 3 is 2.65 bits per heavy atom. The first-order valence-corrected chi connectivity index (χ1v) is 6.60. The molecule has 3 heteroatoms. The Hall–Kier alpha value is -2.26. The average molecular weight is 268 g/mol. The minimum Gasteiger partial charge on any atom is -0.489 e. The first-order chi connectivity index (χ1) is 9.72. The molecule has 0 amide bonds. The highest BCUT2D eigenvalue weighted by atomic mass is 16.5. The van der Waals surface area contributed by atoms with Gasteiger partial charge < -0.3 is 14.3 Å². The molecule has 1 aromatic heterocycles. The smallest absolute Gasteiger partial charge is 0.138 e. The number of aliphatic hydroxyl groups is 1. The molecule has 0 radical (unpaired) electrons. The lowest BCUT2D eigenvalue weighted by Crippen LogP contribution is -1.94. The van der Waals surface area contributed by atoms with Gasteiger partial charge >= 0.3 is 0 Å². The van der Waals surface area contributed by atoms with Crippen LogP contribution in [0.4, 0.5) is 0 Å². The molecule has 3 nitrogen and oxygen atoms in total. The molecular weight excluding hydrogens is 252 g/mol. The Labute approximate surface area is 117 Å². The number of aliphatic hydroxyl groups excluding tert-OH is 1. The Balaban J connectivity index is 1.78. The van der Waals surface area contributed by atoms with Crippen LogP contribution in [0.3, 0.4) is 0 Å². The molecule has 20 heavy (non-hydrogen) atoms. The van der Waals surface area contributed by atoms with Gasteiger partial charge in [0.05, 0.1) is 0 Å². The van der Waals surface area contributed by atoms with Gasteiger partial charge in [-0.25, -0.2) is 0 Å². The predicted molar refractivity (Wildman–Crippen MR) is 77.6 cm³/mol. The summed E-state index contributed by atoms with van der Waals surface area (Å²) in [6.45, 7) is 2.21. The van der Waals surface area contributed by atoms with Crippen molar-refractivity contribution in [1.29, 1.82) is 0 Å².